The summed E-state index contributed by atoms with van der Waals surface area (Å²) in [4.78, 5) is 40.6. The van der Waals surface area contributed by atoms with Crippen molar-refractivity contribution in [3.05, 3.63) is 105 Å². The van der Waals surface area contributed by atoms with Crippen LogP contribution in [-0.4, -0.2) is 47.7 Å². The van der Waals surface area contributed by atoms with Crippen LogP contribution in [0.1, 0.15) is 39.1 Å². The molecule has 0 unspecified atom stereocenters. The Kier molecular flexibility index (Phi) is 7.85. The maximum Gasteiger partial charge on any atom is 0.269 e. The average Bonchev–Trinajstić information content (AvgIpc) is 2.89. The highest BCUT2D eigenvalue weighted by Gasteiger charge is 2.27. The van der Waals surface area contributed by atoms with Crippen LogP contribution >= 0.6 is 0 Å². The van der Waals surface area contributed by atoms with E-state index in [1.54, 1.807) is 4.90 Å². The third kappa shape index (κ3) is 6.01. The van der Waals surface area contributed by atoms with Crippen molar-refractivity contribution < 1.29 is 18.9 Å². The average molecular weight is 490 g/mol. The minimum absolute atomic E-state index is 0.0457. The van der Waals surface area contributed by atoms with Gasteiger partial charge in [0.1, 0.15) is 5.82 Å². The summed E-state index contributed by atoms with van der Waals surface area (Å²) in [6.45, 7) is 4.48. The molecule has 0 saturated carbocycles. The van der Waals surface area contributed by atoms with E-state index in [9.17, 15) is 24.1 Å². The standard InChI is InChI=1S/C28H28FN3O4/c1-20-3-2-4-26(19-20)31(28(34)23-7-11-25(12-8-23)32(35)36)18-17-30-15-13-22(14-16-30)27(33)21-5-9-24(29)10-6-21/h2-12,19,22H,13-18H2,1H3. The molecule has 4 rings (SSSR count). The molecule has 1 fully saturated rings. The van der Waals surface area contributed by atoms with Crippen molar-refractivity contribution in [2.24, 2.45) is 5.92 Å². The summed E-state index contributed by atoms with van der Waals surface area (Å²) < 4.78 is 13.2. The lowest BCUT2D eigenvalue weighted by atomic mass is 9.89. The molecule has 0 radical (unpaired) electrons. The maximum absolute atomic E-state index is 13.4. The Morgan fingerprint density at radius 2 is 1.64 bits per heavy atom. The van der Waals surface area contributed by atoms with E-state index in [0.717, 1.165) is 24.3 Å². The molecule has 0 aromatic heterocycles. The Bertz CT molecular complexity index is 1240. The summed E-state index contributed by atoms with van der Waals surface area (Å²) in [5.41, 5.74) is 2.64. The molecule has 0 bridgehead atoms. The minimum Gasteiger partial charge on any atom is -0.307 e. The molecule has 3 aromatic carbocycles. The topological polar surface area (TPSA) is 83.8 Å². The zero-order chi connectivity index (χ0) is 25.7. The van der Waals surface area contributed by atoms with Crippen molar-refractivity contribution in [1.82, 2.24) is 4.90 Å². The van der Waals surface area contributed by atoms with Crippen LogP contribution in [0.15, 0.2) is 72.8 Å². The number of carbonyl (C=O) groups is 2. The first-order chi connectivity index (χ1) is 17.3. The third-order valence-electron chi connectivity index (χ3n) is 6.61. The quantitative estimate of drug-likeness (QED) is 0.244. The lowest BCUT2D eigenvalue weighted by Gasteiger charge is -2.33. The molecule has 1 amide bonds. The van der Waals surface area contributed by atoms with Crippen LogP contribution in [0.2, 0.25) is 0 Å². The van der Waals surface area contributed by atoms with Gasteiger partial charge >= 0.3 is 0 Å². The van der Waals surface area contributed by atoms with Gasteiger partial charge in [0.05, 0.1) is 4.92 Å². The van der Waals surface area contributed by atoms with E-state index < -0.39 is 4.92 Å². The van der Waals surface area contributed by atoms with Gasteiger partial charge in [0.25, 0.3) is 11.6 Å². The summed E-state index contributed by atoms with van der Waals surface area (Å²) in [5, 5.41) is 11.0. The Hall–Kier alpha value is -3.91. The Morgan fingerprint density at radius 3 is 2.25 bits per heavy atom. The van der Waals surface area contributed by atoms with Gasteiger partial charge in [-0.2, -0.15) is 0 Å². The van der Waals surface area contributed by atoms with E-state index in [-0.39, 0.29) is 29.1 Å². The van der Waals surface area contributed by atoms with Crippen LogP contribution in [-0.2, 0) is 0 Å². The first-order valence-electron chi connectivity index (χ1n) is 12.0. The number of piperidine rings is 1. The van der Waals surface area contributed by atoms with Crippen molar-refractivity contribution in [1.29, 1.82) is 0 Å². The molecule has 0 atom stereocenters. The Balaban J connectivity index is 1.41. The molecule has 1 aliphatic heterocycles. The largest absolute Gasteiger partial charge is 0.307 e. The number of likely N-dealkylation sites (tertiary alicyclic amines) is 1. The Morgan fingerprint density at radius 1 is 1.00 bits per heavy atom. The number of nitro benzene ring substituents is 1. The van der Waals surface area contributed by atoms with Crippen LogP contribution < -0.4 is 4.90 Å². The van der Waals surface area contributed by atoms with Crippen molar-refractivity contribution in [2.45, 2.75) is 19.8 Å². The molecule has 0 N–H and O–H groups in total. The number of halogens is 1. The van der Waals surface area contributed by atoms with Gasteiger partial charge in [-0.1, -0.05) is 12.1 Å². The van der Waals surface area contributed by atoms with Crippen LogP contribution in [0.3, 0.4) is 0 Å². The molecular formula is C28H28FN3O4. The molecule has 1 heterocycles. The maximum atomic E-state index is 13.4. The second-order valence-corrected chi connectivity index (χ2v) is 9.09. The number of hydrogen-bond acceptors (Lipinski definition) is 5. The lowest BCUT2D eigenvalue weighted by molar-refractivity contribution is -0.384. The van der Waals surface area contributed by atoms with E-state index in [1.807, 2.05) is 31.2 Å². The molecule has 36 heavy (non-hydrogen) atoms. The van der Waals surface area contributed by atoms with Crippen molar-refractivity contribution >= 4 is 23.1 Å². The van der Waals surface area contributed by atoms with Crippen molar-refractivity contribution in [3.8, 4) is 0 Å². The fraction of sp³-hybridized carbons (Fsp3) is 0.286. The van der Waals surface area contributed by atoms with Gasteiger partial charge in [0.15, 0.2) is 5.78 Å². The van der Waals surface area contributed by atoms with E-state index in [2.05, 4.69) is 4.90 Å². The van der Waals surface area contributed by atoms with Gasteiger partial charge in [0.2, 0.25) is 0 Å². The summed E-state index contributed by atoms with van der Waals surface area (Å²) in [6, 6.07) is 19.0. The normalized spacial score (nSPS) is 14.4. The second kappa shape index (κ2) is 11.2. The number of benzene rings is 3. The monoisotopic (exact) mass is 489 g/mol. The highest BCUT2D eigenvalue weighted by atomic mass is 19.1. The van der Waals surface area contributed by atoms with Crippen molar-refractivity contribution in [2.75, 3.05) is 31.1 Å². The second-order valence-electron chi connectivity index (χ2n) is 9.09. The highest BCUT2D eigenvalue weighted by Crippen LogP contribution is 2.24. The summed E-state index contributed by atoms with van der Waals surface area (Å²) in [7, 11) is 0. The van der Waals surface area contributed by atoms with E-state index in [1.165, 1.54) is 48.5 Å². The number of ketones is 1. The first-order valence-corrected chi connectivity index (χ1v) is 12.0. The number of nitrogens with zero attached hydrogens (tertiary/aromatic N) is 3. The fourth-order valence-electron chi connectivity index (χ4n) is 4.54. The molecule has 7 nitrogen and oxygen atoms in total. The predicted molar refractivity (Wildman–Crippen MR) is 136 cm³/mol. The van der Waals surface area contributed by atoms with E-state index in [4.69, 9.17) is 0 Å². The molecule has 3 aromatic rings. The van der Waals surface area contributed by atoms with Gasteiger partial charge < -0.3 is 9.80 Å². The highest BCUT2D eigenvalue weighted by molar-refractivity contribution is 6.06. The number of carbonyl (C=O) groups excluding carboxylic acids is 2. The van der Waals surface area contributed by atoms with Crippen molar-refractivity contribution in [3.63, 3.8) is 0 Å². The number of nitro groups is 1. The minimum atomic E-state index is -0.489. The van der Waals surface area contributed by atoms with Gasteiger partial charge in [-0.25, -0.2) is 4.39 Å². The molecule has 0 aliphatic carbocycles. The summed E-state index contributed by atoms with van der Waals surface area (Å²) in [6.07, 6.45) is 1.41. The van der Waals surface area contributed by atoms with Gasteiger partial charge in [0, 0.05) is 48.0 Å². The smallest absolute Gasteiger partial charge is 0.269 e. The predicted octanol–water partition coefficient (Wildman–Crippen LogP) is 5.28. The SMILES string of the molecule is Cc1cccc(N(CCN2CCC(C(=O)c3ccc(F)cc3)CC2)C(=O)c2ccc([N+](=O)[O-])cc2)c1. The molecule has 1 aliphatic rings. The number of anilines is 1. The number of amides is 1. The third-order valence-corrected chi connectivity index (χ3v) is 6.61. The molecule has 0 spiro atoms. The first kappa shape index (κ1) is 25.2. The lowest BCUT2D eigenvalue weighted by Crippen LogP contribution is -2.42. The van der Waals surface area contributed by atoms with Crippen LogP contribution in [0, 0.1) is 28.8 Å². The van der Waals surface area contributed by atoms with Gasteiger partial charge in [-0.15, -0.1) is 0 Å². The summed E-state index contributed by atoms with van der Waals surface area (Å²) >= 11 is 0. The Labute approximate surface area is 209 Å². The van der Waals surface area contributed by atoms with Crippen LogP contribution in [0.4, 0.5) is 15.8 Å². The zero-order valence-corrected chi connectivity index (χ0v) is 20.1. The molecule has 186 valence electrons. The van der Waals surface area contributed by atoms with Crippen LogP contribution in [0.25, 0.3) is 0 Å². The fourth-order valence-corrected chi connectivity index (χ4v) is 4.54. The number of rotatable bonds is 8. The van der Waals surface area contributed by atoms with Crippen LogP contribution in [0.5, 0.6) is 0 Å². The van der Waals surface area contributed by atoms with Gasteiger partial charge in [-0.05, 0) is 86.9 Å². The number of aryl methyl sites for hydroxylation is 1. The summed E-state index contributed by atoms with van der Waals surface area (Å²) in [5.74, 6) is -0.634. The van der Waals surface area contributed by atoms with E-state index >= 15 is 0 Å². The molecule has 1 saturated heterocycles. The molecule has 8 heteroatoms. The zero-order valence-electron chi connectivity index (χ0n) is 20.1. The molecular weight excluding hydrogens is 461 g/mol. The number of non-ortho nitro benzene ring substituents is 1. The van der Waals surface area contributed by atoms with E-state index in [0.29, 0.717) is 37.1 Å². The number of Topliss-reactive ketones (excluding diaryl/α,β-unsaturated/α-hetero) is 1. The number of hydrogen-bond donors (Lipinski definition) is 0. The van der Waals surface area contributed by atoms with Gasteiger partial charge in [-0.3, -0.25) is 19.7 Å².